The quantitative estimate of drug-likeness (QED) is 0.629. The zero-order valence-corrected chi connectivity index (χ0v) is 14.7. The molecule has 0 radical (unpaired) electrons. The first-order chi connectivity index (χ1) is 12.1. The third-order valence-corrected chi connectivity index (χ3v) is 4.78. The summed E-state index contributed by atoms with van der Waals surface area (Å²) in [5.41, 5.74) is 4.96. The van der Waals surface area contributed by atoms with Crippen molar-refractivity contribution in [3.8, 4) is 17.3 Å². The van der Waals surface area contributed by atoms with Gasteiger partial charge in [0.15, 0.2) is 0 Å². The van der Waals surface area contributed by atoms with Crippen molar-refractivity contribution < 1.29 is 4.39 Å². The standard InChI is InChI=1S/C20H16FN3S/c1-13-7-8-15(9-14(13)2)19-12-25-20(24-19)16(10-22)11-23-18-6-4-3-5-17(18)21/h3-9,11-12,23H,1-2H3. The van der Waals surface area contributed by atoms with Crippen LogP contribution in [0.25, 0.3) is 16.8 Å². The lowest BCUT2D eigenvalue weighted by Gasteiger charge is -2.03. The number of hydrogen-bond acceptors (Lipinski definition) is 4. The van der Waals surface area contributed by atoms with E-state index in [-0.39, 0.29) is 5.82 Å². The first-order valence-corrected chi connectivity index (χ1v) is 8.61. The molecule has 0 fully saturated rings. The number of anilines is 1. The molecule has 2 aromatic carbocycles. The molecule has 5 heteroatoms. The molecule has 0 aliphatic carbocycles. The number of nitriles is 1. The minimum absolute atomic E-state index is 0.321. The van der Waals surface area contributed by atoms with Gasteiger partial charge in [-0.1, -0.05) is 24.3 Å². The highest BCUT2D eigenvalue weighted by Crippen LogP contribution is 2.27. The van der Waals surface area contributed by atoms with Crippen molar-refractivity contribution in [2.75, 3.05) is 5.32 Å². The molecule has 0 aliphatic rings. The molecular weight excluding hydrogens is 333 g/mol. The van der Waals surface area contributed by atoms with Gasteiger partial charge in [-0.15, -0.1) is 11.3 Å². The number of aryl methyl sites for hydroxylation is 2. The predicted molar refractivity (Wildman–Crippen MR) is 101 cm³/mol. The van der Waals surface area contributed by atoms with Gasteiger partial charge in [0.1, 0.15) is 22.5 Å². The van der Waals surface area contributed by atoms with Gasteiger partial charge in [0.05, 0.1) is 11.4 Å². The Kier molecular flexibility index (Phi) is 4.92. The fourth-order valence-electron chi connectivity index (χ4n) is 2.30. The van der Waals surface area contributed by atoms with Gasteiger partial charge in [0.25, 0.3) is 0 Å². The Hall–Kier alpha value is -2.97. The number of halogens is 1. The van der Waals surface area contributed by atoms with Crippen molar-refractivity contribution in [3.63, 3.8) is 0 Å². The summed E-state index contributed by atoms with van der Waals surface area (Å²) in [4.78, 5) is 4.55. The SMILES string of the molecule is Cc1ccc(-c2csc(C(C#N)=CNc3ccccc3F)n2)cc1C. The molecule has 0 unspecified atom stereocenters. The number of rotatable bonds is 4. The van der Waals surface area contributed by atoms with E-state index in [1.54, 1.807) is 18.2 Å². The molecule has 0 saturated heterocycles. The van der Waals surface area contributed by atoms with Crippen molar-refractivity contribution in [1.29, 1.82) is 5.26 Å². The number of benzene rings is 2. The summed E-state index contributed by atoms with van der Waals surface area (Å²) < 4.78 is 13.7. The van der Waals surface area contributed by atoms with Gasteiger partial charge in [0, 0.05) is 17.1 Å². The average Bonchev–Trinajstić information content (AvgIpc) is 3.09. The molecular formula is C20H16FN3S. The number of hydrogen-bond donors (Lipinski definition) is 1. The summed E-state index contributed by atoms with van der Waals surface area (Å²) in [6.45, 7) is 4.13. The molecule has 0 saturated carbocycles. The van der Waals surface area contributed by atoms with Gasteiger partial charge in [0.2, 0.25) is 0 Å². The lowest BCUT2D eigenvalue weighted by molar-refractivity contribution is 0.632. The van der Waals surface area contributed by atoms with E-state index in [1.807, 2.05) is 11.4 Å². The lowest BCUT2D eigenvalue weighted by atomic mass is 10.1. The Labute approximate surface area is 150 Å². The van der Waals surface area contributed by atoms with Crippen LogP contribution in [0.2, 0.25) is 0 Å². The fourth-order valence-corrected chi connectivity index (χ4v) is 3.10. The molecule has 1 aromatic heterocycles. The van der Waals surface area contributed by atoms with Crippen molar-refractivity contribution in [3.05, 3.63) is 76.0 Å². The van der Waals surface area contributed by atoms with Crippen LogP contribution in [0.4, 0.5) is 10.1 Å². The van der Waals surface area contributed by atoms with Crippen molar-refractivity contribution >= 4 is 22.6 Å². The molecule has 3 rings (SSSR count). The van der Waals surface area contributed by atoms with Crippen LogP contribution >= 0.6 is 11.3 Å². The fraction of sp³-hybridized carbons (Fsp3) is 0.100. The molecule has 3 nitrogen and oxygen atoms in total. The summed E-state index contributed by atoms with van der Waals surface area (Å²) >= 11 is 1.39. The van der Waals surface area contributed by atoms with Crippen molar-refractivity contribution in [2.24, 2.45) is 0 Å². The van der Waals surface area contributed by atoms with E-state index in [0.29, 0.717) is 16.3 Å². The molecule has 1 heterocycles. The maximum absolute atomic E-state index is 13.7. The zero-order chi connectivity index (χ0) is 17.8. The van der Waals surface area contributed by atoms with Crippen LogP contribution in [0.15, 0.2) is 54.0 Å². The second-order valence-electron chi connectivity index (χ2n) is 5.63. The minimum Gasteiger partial charge on any atom is -0.358 e. The minimum atomic E-state index is -0.369. The van der Waals surface area contributed by atoms with E-state index in [1.165, 1.54) is 34.7 Å². The highest BCUT2D eigenvalue weighted by molar-refractivity contribution is 7.11. The summed E-state index contributed by atoms with van der Waals surface area (Å²) in [5, 5.41) is 14.8. The average molecular weight is 349 g/mol. The molecule has 0 spiro atoms. The number of allylic oxidation sites excluding steroid dienone is 1. The van der Waals surface area contributed by atoms with Crippen LogP contribution in [0.1, 0.15) is 16.1 Å². The molecule has 0 aliphatic heterocycles. The maximum atomic E-state index is 13.7. The van der Waals surface area contributed by atoms with Gasteiger partial charge in [-0.3, -0.25) is 0 Å². The number of nitrogens with zero attached hydrogens (tertiary/aromatic N) is 2. The number of para-hydroxylation sites is 1. The smallest absolute Gasteiger partial charge is 0.146 e. The summed E-state index contributed by atoms with van der Waals surface area (Å²) in [5.74, 6) is -0.369. The second-order valence-corrected chi connectivity index (χ2v) is 6.49. The van der Waals surface area contributed by atoms with Gasteiger partial charge in [-0.05, 0) is 43.2 Å². The third kappa shape index (κ3) is 3.76. The van der Waals surface area contributed by atoms with Crippen LogP contribution < -0.4 is 5.32 Å². The Morgan fingerprint density at radius 2 is 2.00 bits per heavy atom. The Morgan fingerprint density at radius 3 is 2.72 bits per heavy atom. The molecule has 1 N–H and O–H groups in total. The van der Waals surface area contributed by atoms with E-state index in [0.717, 1.165) is 11.3 Å². The Morgan fingerprint density at radius 1 is 1.20 bits per heavy atom. The van der Waals surface area contributed by atoms with Crippen LogP contribution in [0.5, 0.6) is 0 Å². The normalized spacial score (nSPS) is 11.2. The highest BCUT2D eigenvalue weighted by Gasteiger charge is 2.10. The second kappa shape index (κ2) is 7.29. The monoisotopic (exact) mass is 349 g/mol. The maximum Gasteiger partial charge on any atom is 0.146 e. The number of aromatic nitrogens is 1. The predicted octanol–water partition coefficient (Wildman–Crippen LogP) is 5.54. The largest absolute Gasteiger partial charge is 0.358 e. The van der Waals surface area contributed by atoms with Gasteiger partial charge in [-0.25, -0.2) is 9.37 Å². The molecule has 0 amide bonds. The molecule has 0 atom stereocenters. The Balaban J connectivity index is 1.86. The van der Waals surface area contributed by atoms with Gasteiger partial charge in [-0.2, -0.15) is 5.26 Å². The highest BCUT2D eigenvalue weighted by atomic mass is 32.1. The third-order valence-electron chi connectivity index (χ3n) is 3.90. The summed E-state index contributed by atoms with van der Waals surface area (Å²) in [6.07, 6.45) is 1.49. The van der Waals surface area contributed by atoms with Crippen molar-refractivity contribution in [2.45, 2.75) is 13.8 Å². The first-order valence-electron chi connectivity index (χ1n) is 7.73. The molecule has 3 aromatic rings. The van der Waals surface area contributed by atoms with E-state index in [4.69, 9.17) is 0 Å². The zero-order valence-electron chi connectivity index (χ0n) is 13.9. The van der Waals surface area contributed by atoms with E-state index in [2.05, 4.69) is 42.4 Å². The summed E-state index contributed by atoms with van der Waals surface area (Å²) in [7, 11) is 0. The van der Waals surface area contributed by atoms with Gasteiger partial charge >= 0.3 is 0 Å². The molecule has 0 bridgehead atoms. The lowest BCUT2D eigenvalue weighted by Crippen LogP contribution is -1.93. The summed E-state index contributed by atoms with van der Waals surface area (Å²) in [6, 6.07) is 14.6. The topological polar surface area (TPSA) is 48.7 Å². The van der Waals surface area contributed by atoms with E-state index >= 15 is 0 Å². The number of nitrogens with one attached hydrogen (secondary N) is 1. The van der Waals surface area contributed by atoms with Crippen LogP contribution in [0, 0.1) is 31.0 Å². The van der Waals surface area contributed by atoms with Crippen LogP contribution in [0.3, 0.4) is 0 Å². The van der Waals surface area contributed by atoms with Crippen LogP contribution in [-0.4, -0.2) is 4.98 Å². The van der Waals surface area contributed by atoms with E-state index < -0.39 is 0 Å². The van der Waals surface area contributed by atoms with Gasteiger partial charge < -0.3 is 5.32 Å². The number of thiazole rings is 1. The van der Waals surface area contributed by atoms with E-state index in [9.17, 15) is 9.65 Å². The molecule has 25 heavy (non-hydrogen) atoms. The Bertz CT molecular complexity index is 983. The first kappa shape index (κ1) is 16.9. The van der Waals surface area contributed by atoms with Crippen LogP contribution in [-0.2, 0) is 0 Å². The van der Waals surface area contributed by atoms with Crippen molar-refractivity contribution in [1.82, 2.24) is 4.98 Å². The molecule has 124 valence electrons.